The van der Waals surface area contributed by atoms with Gasteiger partial charge in [0.2, 0.25) is 0 Å². The Labute approximate surface area is 112 Å². The average molecular weight is 249 g/mol. The van der Waals surface area contributed by atoms with Gasteiger partial charge in [0, 0.05) is 6.04 Å². The molecule has 0 heterocycles. The number of nitrogens with two attached hydrogens (primary N) is 1. The van der Waals surface area contributed by atoms with Crippen LogP contribution in [0.2, 0.25) is 0 Å². The molecule has 0 fully saturated rings. The van der Waals surface area contributed by atoms with E-state index < -0.39 is 0 Å². The van der Waals surface area contributed by atoms with Gasteiger partial charge in [-0.25, -0.2) is 0 Å². The van der Waals surface area contributed by atoms with Crippen molar-refractivity contribution in [1.29, 1.82) is 0 Å². The number of hydrogen-bond donors (Lipinski definition) is 1. The van der Waals surface area contributed by atoms with Crippen molar-refractivity contribution >= 4 is 0 Å². The number of hydrogen-bond acceptors (Lipinski definition) is 2. The van der Waals surface area contributed by atoms with E-state index in [-0.39, 0.29) is 0 Å². The first-order valence-corrected chi connectivity index (χ1v) is 7.21. The highest BCUT2D eigenvalue weighted by Crippen LogP contribution is 2.20. The Morgan fingerprint density at radius 2 is 1.94 bits per heavy atom. The molecule has 0 aliphatic rings. The zero-order valence-electron chi connectivity index (χ0n) is 12.0. The normalized spacial score (nSPS) is 12.4. The Hall–Kier alpha value is -1.02. The molecule has 0 bridgehead atoms. The van der Waals surface area contributed by atoms with Gasteiger partial charge in [-0.05, 0) is 62.3 Å². The van der Waals surface area contributed by atoms with E-state index in [1.807, 2.05) is 6.92 Å². The molecule has 1 aromatic rings. The molecule has 2 nitrogen and oxygen atoms in total. The molecular weight excluding hydrogens is 222 g/mol. The van der Waals surface area contributed by atoms with E-state index in [4.69, 9.17) is 10.5 Å². The fourth-order valence-corrected chi connectivity index (χ4v) is 2.19. The number of benzene rings is 1. The zero-order chi connectivity index (χ0) is 13.4. The van der Waals surface area contributed by atoms with Crippen LogP contribution in [0, 0.1) is 0 Å². The third-order valence-electron chi connectivity index (χ3n) is 3.42. The van der Waals surface area contributed by atoms with E-state index in [0.29, 0.717) is 6.04 Å². The lowest BCUT2D eigenvalue weighted by atomic mass is 9.98. The molecule has 1 rings (SSSR count). The second-order valence-corrected chi connectivity index (χ2v) is 4.78. The molecule has 18 heavy (non-hydrogen) atoms. The maximum Gasteiger partial charge on any atom is 0.119 e. The predicted molar refractivity (Wildman–Crippen MR) is 78.2 cm³/mol. The van der Waals surface area contributed by atoms with Crippen LogP contribution in [0.15, 0.2) is 18.2 Å². The third-order valence-corrected chi connectivity index (χ3v) is 3.42. The molecule has 102 valence electrons. The highest BCUT2D eigenvalue weighted by molar-refractivity contribution is 5.35. The van der Waals surface area contributed by atoms with Crippen LogP contribution in [0.5, 0.6) is 5.75 Å². The minimum atomic E-state index is 0.359. The SMILES string of the molecule is CCOc1ccc(CCCC(N)CC)c(CC)c1. The molecule has 0 aromatic heterocycles. The van der Waals surface area contributed by atoms with Crippen LogP contribution >= 0.6 is 0 Å². The molecular formula is C16H27NO. The number of ether oxygens (including phenoxy) is 1. The lowest BCUT2D eigenvalue weighted by molar-refractivity contribution is 0.340. The van der Waals surface area contributed by atoms with Crippen LogP contribution in [-0.2, 0) is 12.8 Å². The Kier molecular flexibility index (Phi) is 6.81. The van der Waals surface area contributed by atoms with Crippen molar-refractivity contribution in [2.24, 2.45) is 5.73 Å². The van der Waals surface area contributed by atoms with Gasteiger partial charge >= 0.3 is 0 Å². The molecule has 0 aliphatic carbocycles. The van der Waals surface area contributed by atoms with Crippen molar-refractivity contribution in [1.82, 2.24) is 0 Å². The standard InChI is InChI=1S/C16H27NO/c1-4-13-12-16(18-6-3)11-10-14(13)8-7-9-15(17)5-2/h10-12,15H,4-9,17H2,1-3H3. The van der Waals surface area contributed by atoms with E-state index in [9.17, 15) is 0 Å². The van der Waals surface area contributed by atoms with Gasteiger partial charge < -0.3 is 10.5 Å². The molecule has 0 radical (unpaired) electrons. The van der Waals surface area contributed by atoms with Crippen molar-refractivity contribution in [3.05, 3.63) is 29.3 Å². The van der Waals surface area contributed by atoms with E-state index in [1.165, 1.54) is 17.5 Å². The quantitative estimate of drug-likeness (QED) is 0.762. The van der Waals surface area contributed by atoms with Crippen LogP contribution in [0.3, 0.4) is 0 Å². The molecule has 0 saturated carbocycles. The summed E-state index contributed by atoms with van der Waals surface area (Å²) >= 11 is 0. The van der Waals surface area contributed by atoms with Gasteiger partial charge in [-0.15, -0.1) is 0 Å². The number of aryl methyl sites for hydroxylation is 2. The topological polar surface area (TPSA) is 35.2 Å². The van der Waals surface area contributed by atoms with E-state index in [1.54, 1.807) is 0 Å². The zero-order valence-corrected chi connectivity index (χ0v) is 12.0. The lowest BCUT2D eigenvalue weighted by Gasteiger charge is -2.12. The first kappa shape index (κ1) is 15.0. The van der Waals surface area contributed by atoms with E-state index in [2.05, 4.69) is 32.0 Å². The summed E-state index contributed by atoms with van der Waals surface area (Å²) in [5, 5.41) is 0. The van der Waals surface area contributed by atoms with E-state index in [0.717, 1.165) is 38.0 Å². The maximum absolute atomic E-state index is 5.95. The fourth-order valence-electron chi connectivity index (χ4n) is 2.19. The van der Waals surface area contributed by atoms with Crippen molar-refractivity contribution in [3.63, 3.8) is 0 Å². The maximum atomic E-state index is 5.95. The summed E-state index contributed by atoms with van der Waals surface area (Å²) in [6.45, 7) is 7.10. The summed E-state index contributed by atoms with van der Waals surface area (Å²) in [6, 6.07) is 6.83. The van der Waals surface area contributed by atoms with Crippen molar-refractivity contribution in [3.8, 4) is 5.75 Å². The van der Waals surface area contributed by atoms with Gasteiger partial charge in [0.25, 0.3) is 0 Å². The monoisotopic (exact) mass is 249 g/mol. The van der Waals surface area contributed by atoms with Crippen LogP contribution < -0.4 is 10.5 Å². The van der Waals surface area contributed by atoms with Gasteiger partial charge in [-0.2, -0.15) is 0 Å². The van der Waals surface area contributed by atoms with Crippen LogP contribution in [-0.4, -0.2) is 12.6 Å². The first-order valence-electron chi connectivity index (χ1n) is 7.21. The Balaban J connectivity index is 2.59. The van der Waals surface area contributed by atoms with Gasteiger partial charge in [-0.1, -0.05) is 19.9 Å². The second kappa shape index (κ2) is 8.15. The summed E-state index contributed by atoms with van der Waals surface area (Å²) < 4.78 is 5.54. The van der Waals surface area contributed by atoms with Crippen molar-refractivity contribution in [2.75, 3.05) is 6.61 Å². The lowest BCUT2D eigenvalue weighted by Crippen LogP contribution is -2.18. The highest BCUT2D eigenvalue weighted by Gasteiger charge is 2.05. The first-order chi connectivity index (χ1) is 8.71. The van der Waals surface area contributed by atoms with Crippen LogP contribution in [0.1, 0.15) is 51.2 Å². The average Bonchev–Trinajstić information content (AvgIpc) is 2.40. The minimum absolute atomic E-state index is 0.359. The van der Waals surface area contributed by atoms with E-state index >= 15 is 0 Å². The Bertz CT molecular complexity index is 349. The summed E-state index contributed by atoms with van der Waals surface area (Å²) in [4.78, 5) is 0. The van der Waals surface area contributed by atoms with Gasteiger partial charge in [-0.3, -0.25) is 0 Å². The molecule has 1 atom stereocenters. The molecule has 2 heteroatoms. The van der Waals surface area contributed by atoms with Gasteiger partial charge in [0.1, 0.15) is 5.75 Å². The summed E-state index contributed by atoms with van der Waals surface area (Å²) in [7, 11) is 0. The minimum Gasteiger partial charge on any atom is -0.494 e. The molecule has 0 aliphatic heterocycles. The number of rotatable bonds is 8. The van der Waals surface area contributed by atoms with Crippen molar-refractivity contribution in [2.45, 2.75) is 58.9 Å². The predicted octanol–water partition coefficient (Wildman–Crippen LogP) is 3.71. The summed E-state index contributed by atoms with van der Waals surface area (Å²) in [5.41, 5.74) is 8.81. The molecule has 2 N–H and O–H groups in total. The molecule has 0 spiro atoms. The van der Waals surface area contributed by atoms with Gasteiger partial charge in [0.05, 0.1) is 6.61 Å². The fraction of sp³-hybridized carbons (Fsp3) is 0.625. The molecule has 0 saturated heterocycles. The van der Waals surface area contributed by atoms with Crippen LogP contribution in [0.25, 0.3) is 0 Å². The Morgan fingerprint density at radius 3 is 2.56 bits per heavy atom. The largest absolute Gasteiger partial charge is 0.494 e. The Morgan fingerprint density at radius 1 is 1.17 bits per heavy atom. The smallest absolute Gasteiger partial charge is 0.119 e. The molecule has 1 unspecified atom stereocenters. The summed E-state index contributed by atoms with van der Waals surface area (Å²) in [6.07, 6.45) is 5.56. The van der Waals surface area contributed by atoms with Crippen LogP contribution in [0.4, 0.5) is 0 Å². The highest BCUT2D eigenvalue weighted by atomic mass is 16.5. The third kappa shape index (κ3) is 4.69. The van der Waals surface area contributed by atoms with Crippen molar-refractivity contribution < 1.29 is 4.74 Å². The second-order valence-electron chi connectivity index (χ2n) is 4.78. The summed E-state index contributed by atoms with van der Waals surface area (Å²) in [5.74, 6) is 0.989. The van der Waals surface area contributed by atoms with Gasteiger partial charge in [0.15, 0.2) is 0 Å². The molecule has 0 amide bonds. The molecule has 1 aromatic carbocycles.